The van der Waals surface area contributed by atoms with Gasteiger partial charge in [-0.15, -0.1) is 0 Å². The summed E-state index contributed by atoms with van der Waals surface area (Å²) < 4.78 is 0. The Hall–Kier alpha value is -2.66. The van der Waals surface area contributed by atoms with Crippen molar-refractivity contribution in [1.29, 1.82) is 0 Å². The van der Waals surface area contributed by atoms with Gasteiger partial charge < -0.3 is 10.1 Å². The molecule has 0 saturated carbocycles. The Bertz CT molecular complexity index is 944. The van der Waals surface area contributed by atoms with Crippen molar-refractivity contribution in [2.45, 2.75) is 52.1 Å². The molecule has 2 N–H and O–H groups in total. The van der Waals surface area contributed by atoms with Crippen molar-refractivity contribution >= 4 is 16.6 Å². The molecule has 0 bridgehead atoms. The van der Waals surface area contributed by atoms with E-state index in [1.807, 2.05) is 19.9 Å². The number of aliphatic hydroxyl groups excluding tert-OH is 1. The predicted molar refractivity (Wildman–Crippen MR) is 108 cm³/mol. The molecule has 1 aromatic heterocycles. The molecule has 0 spiro atoms. The normalized spacial score (nSPS) is 12.4. The van der Waals surface area contributed by atoms with Crippen molar-refractivity contribution in [3.8, 4) is 0 Å². The van der Waals surface area contributed by atoms with Crippen LogP contribution in [-0.2, 0) is 19.3 Å². The molecular formula is C22H26N2O3. The zero-order valence-corrected chi connectivity index (χ0v) is 15.9. The highest BCUT2D eigenvalue weighted by atomic mass is 16.6. The molecule has 3 rings (SSSR count). The Labute approximate surface area is 159 Å². The van der Waals surface area contributed by atoms with Crippen LogP contribution in [0.1, 0.15) is 42.0 Å². The number of aromatic amines is 1. The lowest BCUT2D eigenvalue weighted by atomic mass is 9.98. The number of fused-ring (bicyclic) bond motifs is 1. The standard InChI is InChI=1S/C22H26N2O3/c1-15-13-20(24(26)27)12-11-17(15)5-3-7-19-14-23-22-18(10-9-16(2)25)6-4-8-21(19)22/h4,6,8,11-14,16,23,25H,3,5,7,9-10H2,1-2H3. The predicted octanol–water partition coefficient (Wildman–Crippen LogP) is 4.87. The molecule has 142 valence electrons. The first-order chi connectivity index (χ1) is 13.0. The number of nitro benzene ring substituents is 1. The number of non-ortho nitro benzene ring substituents is 1. The van der Waals surface area contributed by atoms with Crippen molar-refractivity contribution in [3.05, 3.63) is 75.0 Å². The Morgan fingerprint density at radius 3 is 2.59 bits per heavy atom. The number of aromatic nitrogens is 1. The van der Waals surface area contributed by atoms with E-state index < -0.39 is 0 Å². The molecule has 0 saturated heterocycles. The summed E-state index contributed by atoms with van der Waals surface area (Å²) in [5.41, 5.74) is 5.99. The zero-order chi connectivity index (χ0) is 19.4. The lowest BCUT2D eigenvalue weighted by Gasteiger charge is -2.07. The van der Waals surface area contributed by atoms with Crippen molar-refractivity contribution in [2.24, 2.45) is 0 Å². The maximum atomic E-state index is 10.9. The SMILES string of the molecule is Cc1cc([N+](=O)[O-])ccc1CCCc1c[nH]c2c(CCC(C)O)cccc12. The highest BCUT2D eigenvalue weighted by Gasteiger charge is 2.10. The minimum atomic E-state index is -0.349. The van der Waals surface area contributed by atoms with Crippen molar-refractivity contribution in [2.75, 3.05) is 0 Å². The Morgan fingerprint density at radius 1 is 1.11 bits per heavy atom. The zero-order valence-electron chi connectivity index (χ0n) is 15.9. The van der Waals surface area contributed by atoms with Crippen LogP contribution in [0.25, 0.3) is 10.9 Å². The van der Waals surface area contributed by atoms with E-state index in [1.165, 1.54) is 22.0 Å². The van der Waals surface area contributed by atoms with Gasteiger partial charge in [0.25, 0.3) is 5.69 Å². The summed E-state index contributed by atoms with van der Waals surface area (Å²) in [4.78, 5) is 13.9. The number of nitro groups is 1. The number of para-hydroxylation sites is 1. The fourth-order valence-corrected chi connectivity index (χ4v) is 3.60. The summed E-state index contributed by atoms with van der Waals surface area (Å²) in [5.74, 6) is 0. The van der Waals surface area contributed by atoms with Gasteiger partial charge >= 0.3 is 0 Å². The van der Waals surface area contributed by atoms with E-state index >= 15 is 0 Å². The first-order valence-corrected chi connectivity index (χ1v) is 9.45. The fourth-order valence-electron chi connectivity index (χ4n) is 3.60. The number of nitrogens with zero attached hydrogens (tertiary/aromatic N) is 1. The first kappa shape index (κ1) is 19.1. The second kappa shape index (κ2) is 8.35. The van der Waals surface area contributed by atoms with Crippen LogP contribution in [0.3, 0.4) is 0 Å². The van der Waals surface area contributed by atoms with Crippen molar-refractivity contribution < 1.29 is 10.0 Å². The van der Waals surface area contributed by atoms with Crippen LogP contribution in [0.2, 0.25) is 0 Å². The number of H-pyrrole nitrogens is 1. The van der Waals surface area contributed by atoms with Gasteiger partial charge in [-0.2, -0.15) is 0 Å². The van der Waals surface area contributed by atoms with Gasteiger partial charge in [0.1, 0.15) is 0 Å². The van der Waals surface area contributed by atoms with Gasteiger partial charge in [0, 0.05) is 29.2 Å². The van der Waals surface area contributed by atoms with Crippen LogP contribution in [0.15, 0.2) is 42.6 Å². The molecule has 3 aromatic rings. The summed E-state index contributed by atoms with van der Waals surface area (Å²) in [6.45, 7) is 3.75. The van der Waals surface area contributed by atoms with Gasteiger partial charge in [0.2, 0.25) is 0 Å². The van der Waals surface area contributed by atoms with E-state index in [9.17, 15) is 15.2 Å². The topological polar surface area (TPSA) is 79.2 Å². The summed E-state index contributed by atoms with van der Waals surface area (Å²) in [5, 5.41) is 21.6. The molecule has 1 unspecified atom stereocenters. The molecule has 0 aliphatic rings. The van der Waals surface area contributed by atoms with Crippen molar-refractivity contribution in [1.82, 2.24) is 4.98 Å². The number of aryl methyl sites for hydroxylation is 4. The summed E-state index contributed by atoms with van der Waals surface area (Å²) >= 11 is 0. The quantitative estimate of drug-likeness (QED) is 0.441. The van der Waals surface area contributed by atoms with E-state index in [1.54, 1.807) is 12.1 Å². The van der Waals surface area contributed by atoms with Gasteiger partial charge in [0.15, 0.2) is 0 Å². The molecule has 0 fully saturated rings. The molecule has 2 aromatic carbocycles. The number of rotatable bonds is 8. The molecule has 1 heterocycles. The van der Waals surface area contributed by atoms with E-state index in [4.69, 9.17) is 0 Å². The molecule has 5 heteroatoms. The lowest BCUT2D eigenvalue weighted by Crippen LogP contribution is -2.01. The van der Waals surface area contributed by atoms with E-state index in [0.29, 0.717) is 0 Å². The molecule has 0 aliphatic heterocycles. The molecule has 5 nitrogen and oxygen atoms in total. The number of hydrogen-bond donors (Lipinski definition) is 2. The largest absolute Gasteiger partial charge is 0.393 e. The minimum absolute atomic E-state index is 0.151. The van der Waals surface area contributed by atoms with Gasteiger partial charge in [-0.1, -0.05) is 24.3 Å². The van der Waals surface area contributed by atoms with Crippen LogP contribution >= 0.6 is 0 Å². The molecule has 0 amide bonds. The molecular weight excluding hydrogens is 340 g/mol. The van der Waals surface area contributed by atoms with Crippen LogP contribution in [0.4, 0.5) is 5.69 Å². The Balaban J connectivity index is 1.67. The van der Waals surface area contributed by atoms with E-state index in [0.717, 1.165) is 43.2 Å². The Morgan fingerprint density at radius 2 is 1.89 bits per heavy atom. The second-order valence-electron chi connectivity index (χ2n) is 7.26. The average molecular weight is 366 g/mol. The maximum absolute atomic E-state index is 10.9. The highest BCUT2D eigenvalue weighted by molar-refractivity contribution is 5.86. The average Bonchev–Trinajstić information content (AvgIpc) is 3.05. The molecule has 1 atom stereocenters. The number of hydrogen-bond acceptors (Lipinski definition) is 3. The molecule has 0 radical (unpaired) electrons. The monoisotopic (exact) mass is 366 g/mol. The number of aliphatic hydroxyl groups is 1. The summed E-state index contributed by atoms with van der Waals surface area (Å²) in [6.07, 6.45) is 6.25. The van der Waals surface area contributed by atoms with Gasteiger partial charge in [-0.05, 0) is 68.2 Å². The van der Waals surface area contributed by atoms with Gasteiger partial charge in [0.05, 0.1) is 11.0 Å². The minimum Gasteiger partial charge on any atom is -0.393 e. The Kier molecular flexibility index (Phi) is 5.91. The third-order valence-corrected chi connectivity index (χ3v) is 5.15. The third-order valence-electron chi connectivity index (χ3n) is 5.15. The van der Waals surface area contributed by atoms with Gasteiger partial charge in [-0.3, -0.25) is 10.1 Å². The number of nitrogens with one attached hydrogen (secondary N) is 1. The molecule has 27 heavy (non-hydrogen) atoms. The van der Waals surface area contributed by atoms with Crippen LogP contribution in [0, 0.1) is 17.0 Å². The second-order valence-corrected chi connectivity index (χ2v) is 7.26. The third kappa shape index (κ3) is 4.55. The van der Waals surface area contributed by atoms with Crippen molar-refractivity contribution in [3.63, 3.8) is 0 Å². The maximum Gasteiger partial charge on any atom is 0.269 e. The van der Waals surface area contributed by atoms with Gasteiger partial charge in [-0.25, -0.2) is 0 Å². The summed E-state index contributed by atoms with van der Waals surface area (Å²) in [6, 6.07) is 11.4. The van der Waals surface area contributed by atoms with E-state index in [2.05, 4.69) is 29.4 Å². The first-order valence-electron chi connectivity index (χ1n) is 9.45. The van der Waals surface area contributed by atoms with Crippen LogP contribution in [-0.4, -0.2) is 21.1 Å². The lowest BCUT2D eigenvalue weighted by molar-refractivity contribution is -0.384. The fraction of sp³-hybridized carbons (Fsp3) is 0.364. The van der Waals surface area contributed by atoms with Crippen LogP contribution < -0.4 is 0 Å². The smallest absolute Gasteiger partial charge is 0.269 e. The number of benzene rings is 2. The van der Waals surface area contributed by atoms with E-state index in [-0.39, 0.29) is 16.7 Å². The molecule has 0 aliphatic carbocycles. The van der Waals surface area contributed by atoms with Crippen LogP contribution in [0.5, 0.6) is 0 Å². The highest BCUT2D eigenvalue weighted by Crippen LogP contribution is 2.25. The summed E-state index contributed by atoms with van der Waals surface area (Å²) in [7, 11) is 0.